The summed E-state index contributed by atoms with van der Waals surface area (Å²) in [6.45, 7) is 5.43. The lowest BCUT2D eigenvalue weighted by molar-refractivity contribution is 0.0516. The Balaban J connectivity index is 2.49. The lowest BCUT2D eigenvalue weighted by atomic mass is 10.1. The van der Waals surface area contributed by atoms with E-state index in [9.17, 15) is 4.79 Å². The van der Waals surface area contributed by atoms with Crippen molar-refractivity contribution >= 4 is 23.6 Å². The first-order valence-corrected chi connectivity index (χ1v) is 6.36. The van der Waals surface area contributed by atoms with Gasteiger partial charge in [-0.2, -0.15) is 11.8 Å². The maximum absolute atomic E-state index is 11.5. The molecule has 6 heteroatoms. The van der Waals surface area contributed by atoms with E-state index in [2.05, 4.69) is 10.5 Å². The molecule has 1 fully saturated rings. The third-order valence-corrected chi connectivity index (χ3v) is 3.05. The highest BCUT2D eigenvalue weighted by Gasteiger charge is 2.25. The molecule has 1 unspecified atom stereocenters. The molecule has 5 nitrogen and oxygen atoms in total. The maximum atomic E-state index is 11.5. The molecule has 0 radical (unpaired) electrons. The van der Waals surface area contributed by atoms with Crippen LogP contribution < -0.4 is 5.32 Å². The SMILES string of the molecule is CC(C)(C)OC(=O)NC1CCSC/C1=N\O. The highest BCUT2D eigenvalue weighted by molar-refractivity contribution is 8.00. The Morgan fingerprint density at radius 2 is 2.31 bits per heavy atom. The molecule has 1 aliphatic rings. The number of ether oxygens (including phenoxy) is 1. The molecule has 2 N–H and O–H groups in total. The molecular formula is C10H18N2O3S. The van der Waals surface area contributed by atoms with E-state index in [1.165, 1.54) is 0 Å². The van der Waals surface area contributed by atoms with Gasteiger partial charge in [0.2, 0.25) is 0 Å². The Kier molecular flexibility index (Phi) is 4.46. The van der Waals surface area contributed by atoms with Crippen molar-refractivity contribution in [3.8, 4) is 0 Å². The van der Waals surface area contributed by atoms with Crippen LogP contribution in [0.3, 0.4) is 0 Å². The quantitative estimate of drug-likeness (QED) is 0.547. The van der Waals surface area contributed by atoms with Gasteiger partial charge in [-0.15, -0.1) is 0 Å². The van der Waals surface area contributed by atoms with E-state index < -0.39 is 11.7 Å². The van der Waals surface area contributed by atoms with Crippen molar-refractivity contribution in [2.45, 2.75) is 38.8 Å². The number of amides is 1. The molecule has 1 atom stereocenters. The van der Waals surface area contributed by atoms with Crippen molar-refractivity contribution in [2.24, 2.45) is 5.16 Å². The number of hydrogen-bond acceptors (Lipinski definition) is 5. The molecule has 1 aliphatic heterocycles. The van der Waals surface area contributed by atoms with Gasteiger partial charge < -0.3 is 15.3 Å². The van der Waals surface area contributed by atoms with Gasteiger partial charge in [0.05, 0.1) is 11.8 Å². The van der Waals surface area contributed by atoms with E-state index >= 15 is 0 Å². The van der Waals surface area contributed by atoms with Crippen LogP contribution >= 0.6 is 11.8 Å². The van der Waals surface area contributed by atoms with Crippen molar-refractivity contribution in [3.63, 3.8) is 0 Å². The third kappa shape index (κ3) is 4.30. The van der Waals surface area contributed by atoms with E-state index in [4.69, 9.17) is 9.94 Å². The molecule has 0 saturated carbocycles. The fourth-order valence-electron chi connectivity index (χ4n) is 1.35. The molecular weight excluding hydrogens is 228 g/mol. The van der Waals surface area contributed by atoms with Crippen LogP contribution in [0.2, 0.25) is 0 Å². The molecule has 1 amide bonds. The predicted molar refractivity (Wildman–Crippen MR) is 64.3 cm³/mol. The smallest absolute Gasteiger partial charge is 0.408 e. The summed E-state index contributed by atoms with van der Waals surface area (Å²) < 4.78 is 5.14. The van der Waals surface area contributed by atoms with E-state index in [-0.39, 0.29) is 6.04 Å². The topological polar surface area (TPSA) is 70.9 Å². The van der Waals surface area contributed by atoms with Crippen LogP contribution in [0.1, 0.15) is 27.2 Å². The summed E-state index contributed by atoms with van der Waals surface area (Å²) in [4.78, 5) is 11.5. The molecule has 1 heterocycles. The van der Waals surface area contributed by atoms with Crippen LogP contribution in [0.4, 0.5) is 4.79 Å². The lowest BCUT2D eigenvalue weighted by Crippen LogP contribution is -2.46. The van der Waals surface area contributed by atoms with Crippen LogP contribution in [-0.2, 0) is 4.74 Å². The second kappa shape index (κ2) is 5.43. The van der Waals surface area contributed by atoms with E-state index in [1.807, 2.05) is 20.8 Å². The summed E-state index contributed by atoms with van der Waals surface area (Å²) in [6, 6.07) is -0.207. The van der Waals surface area contributed by atoms with Crippen molar-refractivity contribution in [3.05, 3.63) is 0 Å². The maximum Gasteiger partial charge on any atom is 0.408 e. The van der Waals surface area contributed by atoms with Crippen molar-refractivity contribution in [2.75, 3.05) is 11.5 Å². The predicted octanol–water partition coefficient (Wildman–Crippen LogP) is 1.85. The van der Waals surface area contributed by atoms with E-state index in [0.29, 0.717) is 11.5 Å². The molecule has 0 aromatic heterocycles. The third-order valence-electron chi connectivity index (χ3n) is 2.02. The van der Waals surface area contributed by atoms with Gasteiger partial charge in [0.25, 0.3) is 0 Å². The minimum absolute atomic E-state index is 0.207. The van der Waals surface area contributed by atoms with Crippen LogP contribution in [0, 0.1) is 0 Å². The number of thioether (sulfide) groups is 1. The van der Waals surface area contributed by atoms with Gasteiger partial charge in [0, 0.05) is 5.75 Å². The number of nitrogens with zero attached hydrogens (tertiary/aromatic N) is 1. The molecule has 0 spiro atoms. The first kappa shape index (κ1) is 13.2. The van der Waals surface area contributed by atoms with Gasteiger partial charge in [-0.25, -0.2) is 4.79 Å². The van der Waals surface area contributed by atoms with E-state index in [1.54, 1.807) is 11.8 Å². The monoisotopic (exact) mass is 246 g/mol. The van der Waals surface area contributed by atoms with Crippen LogP contribution in [0.25, 0.3) is 0 Å². The Labute approximate surface area is 99.6 Å². The van der Waals surface area contributed by atoms with Gasteiger partial charge in [0.15, 0.2) is 0 Å². The van der Waals surface area contributed by atoms with Crippen LogP contribution in [-0.4, -0.2) is 40.2 Å². The summed E-state index contributed by atoms with van der Waals surface area (Å²) in [5.41, 5.74) is 0.0893. The fraction of sp³-hybridized carbons (Fsp3) is 0.800. The standard InChI is InChI=1S/C10H18N2O3S/c1-10(2,3)15-9(13)11-7-4-5-16-6-8(7)12-14/h7,14H,4-6H2,1-3H3,(H,11,13)/b12-8+. The molecule has 0 aromatic rings. The summed E-state index contributed by atoms with van der Waals surface area (Å²) in [5, 5.41) is 14.7. The van der Waals surface area contributed by atoms with Gasteiger partial charge in [-0.1, -0.05) is 5.16 Å². The number of carbonyl (C=O) groups is 1. The Morgan fingerprint density at radius 3 is 2.88 bits per heavy atom. The van der Waals surface area contributed by atoms with E-state index in [0.717, 1.165) is 12.2 Å². The van der Waals surface area contributed by atoms with Crippen molar-refractivity contribution < 1.29 is 14.7 Å². The molecule has 0 bridgehead atoms. The fourth-order valence-corrected chi connectivity index (χ4v) is 2.36. The number of rotatable bonds is 1. The summed E-state index contributed by atoms with van der Waals surface area (Å²) in [6.07, 6.45) is 0.300. The largest absolute Gasteiger partial charge is 0.444 e. The van der Waals surface area contributed by atoms with Gasteiger partial charge in [-0.3, -0.25) is 0 Å². The number of nitrogens with one attached hydrogen (secondary N) is 1. The minimum atomic E-state index is -0.510. The molecule has 92 valence electrons. The number of hydrogen-bond donors (Lipinski definition) is 2. The Morgan fingerprint density at radius 1 is 1.62 bits per heavy atom. The average Bonchev–Trinajstić information content (AvgIpc) is 2.15. The Hall–Kier alpha value is -0.910. The van der Waals surface area contributed by atoms with Crippen molar-refractivity contribution in [1.29, 1.82) is 0 Å². The van der Waals surface area contributed by atoms with Gasteiger partial charge in [0.1, 0.15) is 5.60 Å². The first-order valence-electron chi connectivity index (χ1n) is 5.20. The van der Waals surface area contributed by atoms with Gasteiger partial charge >= 0.3 is 6.09 Å². The summed E-state index contributed by atoms with van der Waals surface area (Å²) in [5.74, 6) is 1.59. The zero-order valence-electron chi connectivity index (χ0n) is 9.82. The number of oxime groups is 1. The van der Waals surface area contributed by atoms with Crippen molar-refractivity contribution in [1.82, 2.24) is 5.32 Å². The van der Waals surface area contributed by atoms with Crippen LogP contribution in [0.5, 0.6) is 0 Å². The molecule has 1 saturated heterocycles. The highest BCUT2D eigenvalue weighted by atomic mass is 32.2. The van der Waals surface area contributed by atoms with Gasteiger partial charge in [-0.05, 0) is 32.9 Å². The second-order valence-electron chi connectivity index (χ2n) is 4.63. The second-order valence-corrected chi connectivity index (χ2v) is 5.74. The zero-order valence-corrected chi connectivity index (χ0v) is 10.6. The molecule has 0 aromatic carbocycles. The average molecular weight is 246 g/mol. The normalized spacial score (nSPS) is 24.2. The molecule has 1 rings (SSSR count). The zero-order chi connectivity index (χ0) is 12.2. The summed E-state index contributed by atoms with van der Waals surface area (Å²) in [7, 11) is 0. The molecule has 0 aliphatic carbocycles. The van der Waals surface area contributed by atoms with Crippen LogP contribution in [0.15, 0.2) is 5.16 Å². The lowest BCUT2D eigenvalue weighted by Gasteiger charge is -2.26. The Bertz CT molecular complexity index is 286. The highest BCUT2D eigenvalue weighted by Crippen LogP contribution is 2.16. The molecule has 16 heavy (non-hydrogen) atoms. The first-order chi connectivity index (χ1) is 7.42. The number of carbonyl (C=O) groups excluding carboxylic acids is 1. The summed E-state index contributed by atoms with van der Waals surface area (Å²) >= 11 is 1.69. The number of alkyl carbamates (subject to hydrolysis) is 1. The minimum Gasteiger partial charge on any atom is -0.444 e.